The van der Waals surface area contributed by atoms with E-state index in [9.17, 15) is 0 Å². The predicted octanol–water partition coefficient (Wildman–Crippen LogP) is 3.98. The van der Waals surface area contributed by atoms with E-state index in [-0.39, 0.29) is 0 Å². The molecule has 100 valence electrons. The molecule has 0 amide bonds. The van der Waals surface area contributed by atoms with Gasteiger partial charge in [0.1, 0.15) is 5.75 Å². The van der Waals surface area contributed by atoms with Gasteiger partial charge in [-0.1, -0.05) is 13.0 Å². The fourth-order valence-corrected chi connectivity index (χ4v) is 2.19. The fraction of sp³-hybridized carbons (Fsp3) is 0.267. The number of ether oxygens (including phenoxy) is 1. The first kappa shape index (κ1) is 14.3. The van der Waals surface area contributed by atoms with E-state index < -0.39 is 0 Å². The van der Waals surface area contributed by atoms with E-state index in [0.29, 0.717) is 5.88 Å². The molecule has 19 heavy (non-hydrogen) atoms. The Kier molecular flexibility index (Phi) is 5.60. The van der Waals surface area contributed by atoms with Gasteiger partial charge < -0.3 is 10.1 Å². The van der Waals surface area contributed by atoms with E-state index in [0.717, 1.165) is 28.8 Å². The van der Waals surface area contributed by atoms with Gasteiger partial charge in [0.2, 0.25) is 5.88 Å². The zero-order valence-electron chi connectivity index (χ0n) is 10.9. The molecule has 2 aromatic rings. The largest absolute Gasteiger partial charge is 0.439 e. The molecule has 0 unspecified atom stereocenters. The molecule has 0 radical (unpaired) electrons. The number of hydrogen-bond donors (Lipinski definition) is 1. The normalized spacial score (nSPS) is 10.4. The van der Waals surface area contributed by atoms with Gasteiger partial charge in [-0.25, -0.2) is 4.98 Å². The summed E-state index contributed by atoms with van der Waals surface area (Å²) in [6.45, 7) is 4.03. The summed E-state index contributed by atoms with van der Waals surface area (Å²) in [5, 5.41) is 3.37. The Balaban J connectivity index is 2.02. The lowest BCUT2D eigenvalue weighted by Gasteiger charge is -2.07. The molecule has 0 bridgehead atoms. The number of hydrogen-bond acceptors (Lipinski definition) is 3. The van der Waals surface area contributed by atoms with Gasteiger partial charge in [0.05, 0.1) is 0 Å². The maximum absolute atomic E-state index is 5.76. The van der Waals surface area contributed by atoms with Gasteiger partial charge in [-0.2, -0.15) is 0 Å². The molecule has 0 aliphatic rings. The molecule has 0 aliphatic heterocycles. The van der Waals surface area contributed by atoms with Crippen LogP contribution in [-0.2, 0) is 6.54 Å². The zero-order chi connectivity index (χ0) is 13.5. The second-order valence-corrected chi connectivity index (χ2v) is 5.48. The van der Waals surface area contributed by atoms with Gasteiger partial charge in [-0.15, -0.1) is 0 Å². The molecular weight excluding hydrogens is 351 g/mol. The minimum atomic E-state index is 0.637. The van der Waals surface area contributed by atoms with Crippen LogP contribution in [0.4, 0.5) is 0 Å². The summed E-state index contributed by atoms with van der Waals surface area (Å²) in [6, 6.07) is 11.9. The topological polar surface area (TPSA) is 34.2 Å². The van der Waals surface area contributed by atoms with Gasteiger partial charge in [0, 0.05) is 22.4 Å². The van der Waals surface area contributed by atoms with Crippen LogP contribution in [0.1, 0.15) is 18.9 Å². The quantitative estimate of drug-likeness (QED) is 0.619. The highest BCUT2D eigenvalue weighted by Crippen LogP contribution is 2.21. The highest BCUT2D eigenvalue weighted by molar-refractivity contribution is 14.1. The molecule has 1 aromatic carbocycles. The van der Waals surface area contributed by atoms with Gasteiger partial charge in [-0.05, 0) is 65.4 Å². The van der Waals surface area contributed by atoms with Gasteiger partial charge in [-0.3, -0.25) is 0 Å². The first-order valence-corrected chi connectivity index (χ1v) is 7.45. The Morgan fingerprint density at radius 3 is 2.95 bits per heavy atom. The van der Waals surface area contributed by atoms with Crippen molar-refractivity contribution >= 4 is 22.6 Å². The number of rotatable bonds is 6. The van der Waals surface area contributed by atoms with Gasteiger partial charge in [0.25, 0.3) is 0 Å². The van der Waals surface area contributed by atoms with Crippen LogP contribution in [-0.4, -0.2) is 11.5 Å². The standard InChI is InChI=1S/C15H17IN2O/c1-2-7-17-11-12-6-8-18-15(9-12)19-14-5-3-4-13(16)10-14/h3-6,8-10,17H,2,7,11H2,1H3. The molecule has 1 aromatic heterocycles. The van der Waals surface area contributed by atoms with Crippen molar-refractivity contribution in [1.82, 2.24) is 10.3 Å². The monoisotopic (exact) mass is 368 g/mol. The zero-order valence-corrected chi connectivity index (χ0v) is 13.1. The maximum Gasteiger partial charge on any atom is 0.219 e. The minimum absolute atomic E-state index is 0.637. The third kappa shape index (κ3) is 4.80. The van der Waals surface area contributed by atoms with Crippen LogP contribution in [0.25, 0.3) is 0 Å². The Morgan fingerprint density at radius 1 is 1.26 bits per heavy atom. The van der Waals surface area contributed by atoms with Crippen molar-refractivity contribution in [2.24, 2.45) is 0 Å². The summed E-state index contributed by atoms with van der Waals surface area (Å²) in [6.07, 6.45) is 2.92. The fourth-order valence-electron chi connectivity index (χ4n) is 1.68. The van der Waals surface area contributed by atoms with E-state index in [1.165, 1.54) is 5.56 Å². The molecule has 1 heterocycles. The van der Waals surface area contributed by atoms with E-state index >= 15 is 0 Å². The van der Waals surface area contributed by atoms with E-state index in [1.54, 1.807) is 6.20 Å². The number of halogens is 1. The average molecular weight is 368 g/mol. The predicted molar refractivity (Wildman–Crippen MR) is 85.5 cm³/mol. The lowest BCUT2D eigenvalue weighted by Crippen LogP contribution is -2.13. The minimum Gasteiger partial charge on any atom is -0.439 e. The van der Waals surface area contributed by atoms with Crippen molar-refractivity contribution in [2.75, 3.05) is 6.54 Å². The molecule has 0 atom stereocenters. The van der Waals surface area contributed by atoms with Gasteiger partial charge in [0.15, 0.2) is 0 Å². The number of benzene rings is 1. The second kappa shape index (κ2) is 7.45. The number of pyridine rings is 1. The van der Waals surface area contributed by atoms with Crippen LogP contribution >= 0.6 is 22.6 Å². The summed E-state index contributed by atoms with van der Waals surface area (Å²) in [5.74, 6) is 1.45. The van der Waals surface area contributed by atoms with E-state index in [1.807, 2.05) is 36.4 Å². The summed E-state index contributed by atoms with van der Waals surface area (Å²) in [5.41, 5.74) is 1.18. The Labute approximate surface area is 127 Å². The van der Waals surface area contributed by atoms with Crippen molar-refractivity contribution in [1.29, 1.82) is 0 Å². The summed E-state index contributed by atoms with van der Waals surface area (Å²) >= 11 is 2.27. The third-order valence-electron chi connectivity index (χ3n) is 2.57. The van der Waals surface area contributed by atoms with Crippen LogP contribution in [0.3, 0.4) is 0 Å². The molecule has 0 aliphatic carbocycles. The SMILES string of the molecule is CCCNCc1ccnc(Oc2cccc(I)c2)c1. The molecule has 1 N–H and O–H groups in total. The van der Waals surface area contributed by atoms with Crippen molar-refractivity contribution in [3.63, 3.8) is 0 Å². The second-order valence-electron chi connectivity index (χ2n) is 4.24. The third-order valence-corrected chi connectivity index (χ3v) is 3.24. The van der Waals surface area contributed by atoms with E-state index in [2.05, 4.69) is 39.8 Å². The van der Waals surface area contributed by atoms with Crippen LogP contribution in [0, 0.1) is 3.57 Å². The highest BCUT2D eigenvalue weighted by atomic mass is 127. The molecule has 0 saturated carbocycles. The molecule has 3 nitrogen and oxygen atoms in total. The summed E-state index contributed by atoms with van der Waals surface area (Å²) in [4.78, 5) is 4.24. The van der Waals surface area contributed by atoms with Crippen LogP contribution in [0.15, 0.2) is 42.6 Å². The highest BCUT2D eigenvalue weighted by Gasteiger charge is 2.01. The number of aromatic nitrogens is 1. The van der Waals surface area contributed by atoms with Crippen molar-refractivity contribution in [3.05, 3.63) is 51.7 Å². The number of nitrogens with one attached hydrogen (secondary N) is 1. The first-order chi connectivity index (χ1) is 9.28. The number of nitrogens with zero attached hydrogens (tertiary/aromatic N) is 1. The summed E-state index contributed by atoms with van der Waals surface area (Å²) in [7, 11) is 0. The molecule has 4 heteroatoms. The molecule has 0 spiro atoms. The Hall–Kier alpha value is -1.14. The van der Waals surface area contributed by atoms with E-state index in [4.69, 9.17) is 4.74 Å². The molecular formula is C15H17IN2O. The van der Waals surface area contributed by atoms with Crippen LogP contribution < -0.4 is 10.1 Å². The van der Waals surface area contributed by atoms with Gasteiger partial charge >= 0.3 is 0 Å². The van der Waals surface area contributed by atoms with Crippen molar-refractivity contribution in [2.45, 2.75) is 19.9 Å². The molecule has 0 saturated heterocycles. The van der Waals surface area contributed by atoms with Crippen LogP contribution in [0.2, 0.25) is 0 Å². The Bertz CT molecular complexity index is 531. The maximum atomic E-state index is 5.76. The lowest BCUT2D eigenvalue weighted by molar-refractivity contribution is 0.461. The van der Waals surface area contributed by atoms with Crippen LogP contribution in [0.5, 0.6) is 11.6 Å². The van der Waals surface area contributed by atoms with Crippen molar-refractivity contribution in [3.8, 4) is 11.6 Å². The first-order valence-electron chi connectivity index (χ1n) is 6.37. The molecule has 0 fully saturated rings. The van der Waals surface area contributed by atoms with Crippen molar-refractivity contribution < 1.29 is 4.74 Å². The smallest absolute Gasteiger partial charge is 0.219 e. The molecule has 2 rings (SSSR count). The summed E-state index contributed by atoms with van der Waals surface area (Å²) < 4.78 is 6.91. The Morgan fingerprint density at radius 2 is 2.16 bits per heavy atom. The average Bonchev–Trinajstić information content (AvgIpc) is 2.39. The lowest BCUT2D eigenvalue weighted by atomic mass is 10.2.